The summed E-state index contributed by atoms with van der Waals surface area (Å²) in [6, 6.07) is 0. The van der Waals surface area contributed by atoms with E-state index in [2.05, 4.69) is 16.6 Å². The van der Waals surface area contributed by atoms with E-state index in [1.54, 1.807) is 0 Å². The molecule has 5 nitrogen and oxygen atoms in total. The predicted octanol–water partition coefficient (Wildman–Crippen LogP) is 1.41. The van der Waals surface area contributed by atoms with E-state index in [-0.39, 0.29) is 18.5 Å². The maximum absolute atomic E-state index is 11.3. The second kappa shape index (κ2) is 6.20. The van der Waals surface area contributed by atoms with Crippen molar-refractivity contribution in [3.63, 3.8) is 0 Å². The van der Waals surface area contributed by atoms with Gasteiger partial charge in [0.1, 0.15) is 0 Å². The lowest BCUT2D eigenvalue weighted by atomic mass is 9.90. The van der Waals surface area contributed by atoms with E-state index in [0.29, 0.717) is 12.5 Å². The molecular formula is C14H25NO4. The topological polar surface area (TPSA) is 48.0 Å². The summed E-state index contributed by atoms with van der Waals surface area (Å²) >= 11 is 0. The van der Waals surface area contributed by atoms with Gasteiger partial charge in [-0.1, -0.05) is 6.92 Å². The minimum absolute atomic E-state index is 0.172. The molecular weight excluding hydrogens is 246 g/mol. The zero-order valence-corrected chi connectivity index (χ0v) is 12.2. The number of esters is 1. The number of carbonyl (C=O) groups is 1. The Kier molecular flexibility index (Phi) is 4.81. The van der Waals surface area contributed by atoms with E-state index < -0.39 is 5.79 Å². The molecule has 2 rings (SSSR count). The highest BCUT2D eigenvalue weighted by Gasteiger charge is 2.45. The van der Waals surface area contributed by atoms with Gasteiger partial charge in [-0.2, -0.15) is 0 Å². The number of likely N-dealkylation sites (tertiary alicyclic amines) is 1. The summed E-state index contributed by atoms with van der Waals surface area (Å²) in [5.74, 6) is -0.410. The molecule has 0 saturated carbocycles. The molecule has 2 aliphatic rings. The Morgan fingerprint density at radius 2 is 2.32 bits per heavy atom. The molecule has 0 amide bonds. The van der Waals surface area contributed by atoms with Crippen LogP contribution in [0.2, 0.25) is 0 Å². The monoisotopic (exact) mass is 271 g/mol. The highest BCUT2D eigenvalue weighted by Crippen LogP contribution is 2.36. The van der Waals surface area contributed by atoms with E-state index in [1.807, 2.05) is 6.92 Å². The molecule has 2 fully saturated rings. The molecule has 5 heteroatoms. The van der Waals surface area contributed by atoms with Gasteiger partial charge in [-0.15, -0.1) is 0 Å². The molecule has 2 saturated heterocycles. The van der Waals surface area contributed by atoms with Gasteiger partial charge in [-0.05, 0) is 32.9 Å². The smallest absolute Gasteiger partial charge is 0.308 e. The van der Waals surface area contributed by atoms with Crippen molar-refractivity contribution in [1.82, 2.24) is 4.90 Å². The Labute approximate surface area is 115 Å². The second-order valence-electron chi connectivity index (χ2n) is 5.58. The Morgan fingerprint density at radius 1 is 1.53 bits per heavy atom. The fourth-order valence-electron chi connectivity index (χ4n) is 3.01. The third-order valence-corrected chi connectivity index (χ3v) is 4.27. The Balaban J connectivity index is 1.91. The number of ether oxygens (including phenoxy) is 3. The second-order valence-corrected chi connectivity index (χ2v) is 5.58. The molecule has 110 valence electrons. The molecule has 0 bridgehead atoms. The highest BCUT2D eigenvalue weighted by molar-refractivity contribution is 5.69. The van der Waals surface area contributed by atoms with Gasteiger partial charge in [0.2, 0.25) is 0 Å². The molecule has 0 aromatic heterocycles. The summed E-state index contributed by atoms with van der Waals surface area (Å²) in [6.45, 7) is 7.91. The van der Waals surface area contributed by atoms with E-state index >= 15 is 0 Å². The van der Waals surface area contributed by atoms with Crippen LogP contribution in [0.25, 0.3) is 0 Å². The van der Waals surface area contributed by atoms with E-state index in [4.69, 9.17) is 9.47 Å². The molecule has 0 aromatic carbocycles. The first-order valence-electron chi connectivity index (χ1n) is 7.18. The SMILES string of the molecule is CCN1CCCC(C2(C)OCC(CC(=O)OC)O2)C1. The van der Waals surface area contributed by atoms with Crippen molar-refractivity contribution in [3.8, 4) is 0 Å². The number of hydrogen-bond acceptors (Lipinski definition) is 5. The van der Waals surface area contributed by atoms with Gasteiger partial charge in [0.25, 0.3) is 0 Å². The van der Waals surface area contributed by atoms with Gasteiger partial charge in [0, 0.05) is 12.5 Å². The van der Waals surface area contributed by atoms with Crippen molar-refractivity contribution in [2.24, 2.45) is 5.92 Å². The molecule has 0 N–H and O–H groups in total. The lowest BCUT2D eigenvalue weighted by Crippen LogP contribution is -2.47. The van der Waals surface area contributed by atoms with Crippen LogP contribution in [0.5, 0.6) is 0 Å². The molecule has 0 aromatic rings. The molecule has 0 aliphatic carbocycles. The van der Waals surface area contributed by atoms with Crippen molar-refractivity contribution < 1.29 is 19.0 Å². The van der Waals surface area contributed by atoms with Gasteiger partial charge in [-0.25, -0.2) is 0 Å². The lowest BCUT2D eigenvalue weighted by molar-refractivity contribution is -0.202. The van der Waals surface area contributed by atoms with Crippen LogP contribution < -0.4 is 0 Å². The van der Waals surface area contributed by atoms with Crippen LogP contribution in [0, 0.1) is 5.92 Å². The van der Waals surface area contributed by atoms with Crippen LogP contribution in [0.3, 0.4) is 0 Å². The lowest BCUT2D eigenvalue weighted by Gasteiger charge is -2.39. The highest BCUT2D eigenvalue weighted by atomic mass is 16.7. The molecule has 0 spiro atoms. The van der Waals surface area contributed by atoms with Crippen molar-refractivity contribution in [2.45, 2.75) is 45.0 Å². The van der Waals surface area contributed by atoms with Crippen LogP contribution >= 0.6 is 0 Å². The van der Waals surface area contributed by atoms with Gasteiger partial charge in [-0.3, -0.25) is 4.79 Å². The summed E-state index contributed by atoms with van der Waals surface area (Å²) in [7, 11) is 1.40. The number of rotatable bonds is 4. The summed E-state index contributed by atoms with van der Waals surface area (Å²) in [4.78, 5) is 13.7. The minimum Gasteiger partial charge on any atom is -0.469 e. The third kappa shape index (κ3) is 3.46. The standard InChI is InChI=1S/C14H25NO4/c1-4-15-7-5-6-11(9-15)14(2)18-10-12(19-14)8-13(16)17-3/h11-12H,4-10H2,1-3H3. The largest absolute Gasteiger partial charge is 0.469 e. The van der Waals surface area contributed by atoms with E-state index in [9.17, 15) is 4.79 Å². The molecule has 0 radical (unpaired) electrons. The Bertz CT molecular complexity index is 323. The molecule has 19 heavy (non-hydrogen) atoms. The van der Waals surface area contributed by atoms with Crippen LogP contribution in [-0.2, 0) is 19.0 Å². The normalized spacial score (nSPS) is 36.4. The van der Waals surface area contributed by atoms with Crippen molar-refractivity contribution in [3.05, 3.63) is 0 Å². The van der Waals surface area contributed by atoms with Crippen LogP contribution in [0.15, 0.2) is 0 Å². The fraction of sp³-hybridized carbons (Fsp3) is 0.929. The van der Waals surface area contributed by atoms with E-state index in [0.717, 1.165) is 26.1 Å². The van der Waals surface area contributed by atoms with Gasteiger partial charge >= 0.3 is 5.97 Å². The van der Waals surface area contributed by atoms with Gasteiger partial charge in [0.05, 0.1) is 26.2 Å². The zero-order chi connectivity index (χ0) is 13.9. The quantitative estimate of drug-likeness (QED) is 0.724. The van der Waals surface area contributed by atoms with Crippen molar-refractivity contribution in [1.29, 1.82) is 0 Å². The average molecular weight is 271 g/mol. The minimum atomic E-state index is -0.549. The van der Waals surface area contributed by atoms with Crippen molar-refractivity contribution in [2.75, 3.05) is 33.4 Å². The number of nitrogens with zero attached hydrogens (tertiary/aromatic N) is 1. The maximum Gasteiger partial charge on any atom is 0.308 e. The third-order valence-electron chi connectivity index (χ3n) is 4.27. The predicted molar refractivity (Wildman–Crippen MR) is 70.7 cm³/mol. The Morgan fingerprint density at radius 3 is 3.00 bits per heavy atom. The average Bonchev–Trinajstić information content (AvgIpc) is 2.81. The first-order valence-corrected chi connectivity index (χ1v) is 7.18. The van der Waals surface area contributed by atoms with Gasteiger partial charge < -0.3 is 19.1 Å². The summed E-state index contributed by atoms with van der Waals surface area (Å²) < 4.78 is 16.6. The number of hydrogen-bond donors (Lipinski definition) is 0. The van der Waals surface area contributed by atoms with Crippen LogP contribution in [-0.4, -0.2) is 56.1 Å². The number of methoxy groups -OCH3 is 1. The van der Waals surface area contributed by atoms with Crippen LogP contribution in [0.1, 0.15) is 33.1 Å². The maximum atomic E-state index is 11.3. The Hall–Kier alpha value is -0.650. The molecule has 3 unspecified atom stereocenters. The van der Waals surface area contributed by atoms with Crippen molar-refractivity contribution >= 4 is 5.97 Å². The molecule has 2 heterocycles. The number of piperidine rings is 1. The fourth-order valence-corrected chi connectivity index (χ4v) is 3.01. The first-order chi connectivity index (χ1) is 9.07. The molecule has 3 atom stereocenters. The van der Waals surface area contributed by atoms with Gasteiger partial charge in [0.15, 0.2) is 5.79 Å². The zero-order valence-electron chi connectivity index (χ0n) is 12.2. The van der Waals surface area contributed by atoms with E-state index in [1.165, 1.54) is 13.5 Å². The number of carbonyl (C=O) groups excluding carboxylic acids is 1. The van der Waals surface area contributed by atoms with Crippen LogP contribution in [0.4, 0.5) is 0 Å². The first kappa shape index (κ1) is 14.8. The summed E-state index contributed by atoms with van der Waals surface area (Å²) in [6.07, 6.45) is 2.41. The summed E-state index contributed by atoms with van der Waals surface area (Å²) in [5, 5.41) is 0. The summed E-state index contributed by atoms with van der Waals surface area (Å²) in [5.41, 5.74) is 0. The molecule has 2 aliphatic heterocycles.